The third-order valence-electron chi connectivity index (χ3n) is 5.57. The fourth-order valence-corrected chi connectivity index (χ4v) is 3.71. The summed E-state index contributed by atoms with van der Waals surface area (Å²) in [5, 5.41) is 2.85. The minimum absolute atomic E-state index is 0.0149. The molecule has 1 aliphatic heterocycles. The Morgan fingerprint density at radius 3 is 2.31 bits per heavy atom. The van der Waals surface area contributed by atoms with Gasteiger partial charge >= 0.3 is 0 Å². The van der Waals surface area contributed by atoms with Gasteiger partial charge < -0.3 is 15.1 Å². The van der Waals surface area contributed by atoms with Gasteiger partial charge in [-0.3, -0.25) is 14.4 Å². The molecule has 0 spiro atoms. The Balaban J connectivity index is 1.27. The lowest BCUT2D eigenvalue weighted by Crippen LogP contribution is -2.49. The number of benzene rings is 1. The quantitative estimate of drug-likeness (QED) is 0.789. The molecule has 7 nitrogen and oxygen atoms in total. The molecule has 1 aromatic heterocycles. The molecule has 2 unspecified atom stereocenters. The highest BCUT2D eigenvalue weighted by Gasteiger charge is 2.49. The summed E-state index contributed by atoms with van der Waals surface area (Å²) in [7, 11) is 0. The summed E-state index contributed by atoms with van der Waals surface area (Å²) in [5.41, 5.74) is 1.24. The van der Waals surface area contributed by atoms with E-state index in [1.165, 1.54) is 6.92 Å². The maximum atomic E-state index is 12.8. The topological polar surface area (TPSA) is 82.6 Å². The Morgan fingerprint density at radius 1 is 0.966 bits per heavy atom. The van der Waals surface area contributed by atoms with Crippen LogP contribution in [0.15, 0.2) is 48.7 Å². The summed E-state index contributed by atoms with van der Waals surface area (Å²) >= 11 is 0. The summed E-state index contributed by atoms with van der Waals surface area (Å²) < 4.78 is 0. The van der Waals surface area contributed by atoms with Crippen molar-refractivity contribution in [3.05, 3.63) is 54.2 Å². The molecule has 7 heteroatoms. The molecule has 1 aliphatic carbocycles. The molecule has 1 N–H and O–H groups in total. The minimum Gasteiger partial charge on any atom is -0.353 e. The van der Waals surface area contributed by atoms with Gasteiger partial charge in [0.05, 0.1) is 11.8 Å². The molecule has 2 fully saturated rings. The predicted molar refractivity (Wildman–Crippen MR) is 110 cm³/mol. The van der Waals surface area contributed by atoms with Crippen molar-refractivity contribution in [1.29, 1.82) is 0 Å². The first-order chi connectivity index (χ1) is 14.0. The summed E-state index contributed by atoms with van der Waals surface area (Å²) in [6.07, 6.45) is 2.37. The highest BCUT2D eigenvalue weighted by molar-refractivity contribution is 6.00. The lowest BCUT2D eigenvalue weighted by Gasteiger charge is -2.35. The molecule has 2 heterocycles. The second-order valence-corrected chi connectivity index (χ2v) is 7.57. The Morgan fingerprint density at radius 2 is 1.69 bits per heavy atom. The maximum Gasteiger partial charge on any atom is 0.228 e. The van der Waals surface area contributed by atoms with Gasteiger partial charge in [0, 0.05) is 43.6 Å². The first kappa shape index (κ1) is 19.1. The lowest BCUT2D eigenvalue weighted by atomic mass is 10.1. The van der Waals surface area contributed by atoms with Crippen molar-refractivity contribution in [3.8, 4) is 0 Å². The fraction of sp³-hybridized carbons (Fsp3) is 0.364. The number of piperazine rings is 1. The molecular weight excluding hydrogens is 368 g/mol. The summed E-state index contributed by atoms with van der Waals surface area (Å²) in [6.45, 7) is 4.29. The smallest absolute Gasteiger partial charge is 0.228 e. The number of nitrogens with zero attached hydrogens (tertiary/aromatic N) is 3. The van der Waals surface area contributed by atoms with E-state index in [0.717, 1.165) is 18.9 Å². The summed E-state index contributed by atoms with van der Waals surface area (Å²) in [6, 6.07) is 12.6. The van der Waals surface area contributed by atoms with Crippen LogP contribution in [0.25, 0.3) is 0 Å². The number of hydrogen-bond acceptors (Lipinski definition) is 5. The number of carbonyl (C=O) groups is 3. The van der Waals surface area contributed by atoms with Gasteiger partial charge in [-0.15, -0.1) is 0 Å². The van der Waals surface area contributed by atoms with E-state index < -0.39 is 0 Å². The van der Waals surface area contributed by atoms with Crippen LogP contribution in [-0.2, 0) is 9.59 Å². The van der Waals surface area contributed by atoms with E-state index in [-0.39, 0.29) is 29.4 Å². The van der Waals surface area contributed by atoms with Crippen LogP contribution in [-0.4, -0.2) is 53.7 Å². The first-order valence-corrected chi connectivity index (χ1v) is 9.89. The number of hydrogen-bond donors (Lipinski definition) is 1. The van der Waals surface area contributed by atoms with Crippen LogP contribution in [0, 0.1) is 11.8 Å². The maximum absolute atomic E-state index is 12.8. The number of aromatic nitrogens is 1. The Bertz CT molecular complexity index is 905. The molecular formula is C22H24N4O3. The van der Waals surface area contributed by atoms with Crippen LogP contribution < -0.4 is 10.2 Å². The average molecular weight is 392 g/mol. The van der Waals surface area contributed by atoms with Crippen LogP contribution in [0.2, 0.25) is 0 Å². The number of pyridine rings is 1. The van der Waals surface area contributed by atoms with E-state index in [1.54, 1.807) is 30.5 Å². The molecule has 2 amide bonds. The number of amides is 2. The summed E-state index contributed by atoms with van der Waals surface area (Å²) in [4.78, 5) is 45.0. The molecule has 4 rings (SSSR count). The van der Waals surface area contributed by atoms with Gasteiger partial charge in [-0.05, 0) is 49.7 Å². The van der Waals surface area contributed by atoms with E-state index in [0.29, 0.717) is 30.8 Å². The normalized spacial score (nSPS) is 20.9. The zero-order valence-electron chi connectivity index (χ0n) is 16.4. The van der Waals surface area contributed by atoms with Gasteiger partial charge in [0.2, 0.25) is 11.8 Å². The first-order valence-electron chi connectivity index (χ1n) is 9.89. The van der Waals surface area contributed by atoms with Gasteiger partial charge in [0.1, 0.15) is 5.82 Å². The zero-order valence-corrected chi connectivity index (χ0v) is 16.4. The number of nitrogens with one attached hydrogen (secondary N) is 1. The second-order valence-electron chi connectivity index (χ2n) is 7.57. The number of Topliss-reactive ketones (excluding diaryl/α,β-unsaturated/α-hetero) is 1. The van der Waals surface area contributed by atoms with E-state index in [4.69, 9.17) is 0 Å². The van der Waals surface area contributed by atoms with E-state index in [9.17, 15) is 14.4 Å². The van der Waals surface area contributed by atoms with E-state index >= 15 is 0 Å². The molecule has 150 valence electrons. The van der Waals surface area contributed by atoms with Gasteiger partial charge in [0.25, 0.3) is 0 Å². The second kappa shape index (κ2) is 8.03. The molecule has 2 aliphatic rings. The minimum atomic E-state index is -0.274. The number of ketones is 1. The monoisotopic (exact) mass is 392 g/mol. The van der Waals surface area contributed by atoms with Crippen molar-refractivity contribution in [2.75, 3.05) is 36.4 Å². The highest BCUT2D eigenvalue weighted by atomic mass is 16.2. The fourth-order valence-electron chi connectivity index (χ4n) is 3.71. The van der Waals surface area contributed by atoms with Gasteiger partial charge in [0.15, 0.2) is 5.78 Å². The van der Waals surface area contributed by atoms with E-state index in [1.807, 2.05) is 23.1 Å². The molecule has 2 aromatic rings. The van der Waals surface area contributed by atoms with Crippen molar-refractivity contribution in [1.82, 2.24) is 9.88 Å². The van der Waals surface area contributed by atoms with Crippen LogP contribution in [0.4, 0.5) is 11.5 Å². The molecule has 0 bridgehead atoms. The SMILES string of the molecule is CC(=O)c1ccc(NC(=O)C2CC2C(=O)N2CCN(c3ccccn3)CC2)cc1. The Kier molecular flexibility index (Phi) is 5.29. The largest absolute Gasteiger partial charge is 0.353 e. The van der Waals surface area contributed by atoms with Crippen LogP contribution in [0.3, 0.4) is 0 Å². The van der Waals surface area contributed by atoms with Crippen molar-refractivity contribution < 1.29 is 14.4 Å². The number of anilines is 2. The van der Waals surface area contributed by atoms with Crippen molar-refractivity contribution in [3.63, 3.8) is 0 Å². The van der Waals surface area contributed by atoms with Crippen LogP contribution in [0.5, 0.6) is 0 Å². The van der Waals surface area contributed by atoms with E-state index in [2.05, 4.69) is 15.2 Å². The van der Waals surface area contributed by atoms with Crippen molar-refractivity contribution in [2.24, 2.45) is 11.8 Å². The Hall–Kier alpha value is -3.22. The molecule has 1 saturated carbocycles. The third-order valence-corrected chi connectivity index (χ3v) is 5.57. The van der Waals surface area contributed by atoms with Crippen LogP contribution in [0.1, 0.15) is 23.7 Å². The lowest BCUT2D eigenvalue weighted by molar-refractivity contribution is -0.134. The third kappa shape index (κ3) is 4.29. The zero-order chi connectivity index (χ0) is 20.4. The summed E-state index contributed by atoms with van der Waals surface area (Å²) in [5.74, 6) is 0.346. The molecule has 0 radical (unpaired) electrons. The van der Waals surface area contributed by atoms with Gasteiger partial charge in [-0.25, -0.2) is 4.98 Å². The molecule has 29 heavy (non-hydrogen) atoms. The average Bonchev–Trinajstić information content (AvgIpc) is 3.55. The molecule has 1 aromatic carbocycles. The van der Waals surface area contributed by atoms with Gasteiger partial charge in [-0.1, -0.05) is 6.07 Å². The number of carbonyl (C=O) groups excluding carboxylic acids is 3. The predicted octanol–water partition coefficient (Wildman–Crippen LogP) is 2.21. The molecule has 2 atom stereocenters. The highest BCUT2D eigenvalue weighted by Crippen LogP contribution is 2.41. The van der Waals surface area contributed by atoms with Crippen LogP contribution >= 0.6 is 0 Å². The standard InChI is InChI=1S/C22H24N4O3/c1-15(27)16-5-7-17(8-6-16)24-21(28)18-14-19(18)22(29)26-12-10-25(11-13-26)20-4-2-3-9-23-20/h2-9,18-19H,10-14H2,1H3,(H,24,28). The van der Waals surface area contributed by atoms with Crippen molar-refractivity contribution >= 4 is 29.1 Å². The number of rotatable bonds is 5. The van der Waals surface area contributed by atoms with Gasteiger partial charge in [-0.2, -0.15) is 0 Å². The molecule has 1 saturated heterocycles. The Labute approximate surface area is 169 Å². The van der Waals surface area contributed by atoms with Crippen molar-refractivity contribution in [2.45, 2.75) is 13.3 Å².